The van der Waals surface area contributed by atoms with Crippen LogP contribution in [0.25, 0.3) is 17.1 Å². The number of ether oxygens (including phenoxy) is 1. The number of aromatic nitrogens is 6. The Hall–Kier alpha value is -3.56. The van der Waals surface area contributed by atoms with Gasteiger partial charge in [-0.05, 0) is 53.0 Å². The first-order valence-corrected chi connectivity index (χ1v) is 12.3. The fourth-order valence-corrected chi connectivity index (χ4v) is 5.10. The van der Waals surface area contributed by atoms with Gasteiger partial charge in [-0.25, -0.2) is 14.8 Å². The molecule has 184 valence electrons. The Kier molecular flexibility index (Phi) is 5.90. The van der Waals surface area contributed by atoms with Crippen LogP contribution >= 0.6 is 0 Å². The summed E-state index contributed by atoms with van der Waals surface area (Å²) in [7, 11) is 0. The number of carbonyl (C=O) groups excluding carboxylic acids is 1. The first-order chi connectivity index (χ1) is 16.8. The van der Waals surface area contributed by atoms with Crippen LogP contribution in [0.2, 0.25) is 0 Å². The number of hydrogen-bond acceptors (Lipinski definition) is 8. The number of aryl methyl sites for hydroxylation is 1. The van der Waals surface area contributed by atoms with E-state index in [1.807, 2.05) is 40.0 Å². The fourth-order valence-electron chi connectivity index (χ4n) is 5.10. The van der Waals surface area contributed by atoms with Gasteiger partial charge in [0.15, 0.2) is 17.5 Å². The first-order valence-electron chi connectivity index (χ1n) is 12.3. The van der Waals surface area contributed by atoms with Crippen molar-refractivity contribution < 1.29 is 9.53 Å². The molecule has 1 atom stereocenters. The molecule has 0 radical (unpaired) electrons. The molecule has 0 unspecified atom stereocenters. The van der Waals surface area contributed by atoms with Crippen molar-refractivity contribution in [3.8, 4) is 17.1 Å². The highest BCUT2D eigenvalue weighted by Crippen LogP contribution is 2.43. The van der Waals surface area contributed by atoms with Crippen LogP contribution in [-0.2, 0) is 4.74 Å². The maximum absolute atomic E-state index is 12.5. The summed E-state index contributed by atoms with van der Waals surface area (Å²) in [5.41, 5.74) is 1.45. The van der Waals surface area contributed by atoms with Crippen molar-refractivity contribution in [2.24, 2.45) is 0 Å². The Labute approximate surface area is 205 Å². The van der Waals surface area contributed by atoms with E-state index < -0.39 is 11.7 Å². The van der Waals surface area contributed by atoms with Gasteiger partial charge in [0.05, 0.1) is 24.1 Å². The molecule has 1 amide bonds. The summed E-state index contributed by atoms with van der Waals surface area (Å²) < 4.78 is 7.51. The van der Waals surface area contributed by atoms with Gasteiger partial charge in [0.25, 0.3) is 0 Å². The van der Waals surface area contributed by atoms with Gasteiger partial charge < -0.3 is 9.64 Å². The normalized spacial score (nSPS) is 17.7. The Morgan fingerprint density at radius 3 is 2.69 bits per heavy atom. The summed E-state index contributed by atoms with van der Waals surface area (Å²) in [5, 5.41) is 11.7. The summed E-state index contributed by atoms with van der Waals surface area (Å²) in [6.45, 7) is 9.61. The molecule has 10 nitrogen and oxygen atoms in total. The SMILES string of the molecule is CC[C@@H]1c2nnc(C)n2-c2cnc(-c3ccncc3NC(=O)OC(C)(C)C)nc2N1C1CCCC1. The van der Waals surface area contributed by atoms with Crippen LogP contribution in [0.3, 0.4) is 0 Å². The summed E-state index contributed by atoms with van der Waals surface area (Å²) in [6.07, 6.45) is 10.1. The standard InChI is InChI=1S/C25H32N8O2/c1-6-19-23-31-30-15(2)32(23)20-14-27-21(29-22(20)33(19)16-9-7-8-10-16)17-11-12-26-13-18(17)28-24(34)35-25(3,4)5/h11-14,16,19H,6-10H2,1-5H3,(H,28,34)/t19-/m1/s1. The molecule has 3 aromatic heterocycles. The number of hydrogen-bond donors (Lipinski definition) is 1. The van der Waals surface area contributed by atoms with Crippen LogP contribution in [0.5, 0.6) is 0 Å². The molecule has 1 fully saturated rings. The van der Waals surface area contributed by atoms with Crippen LogP contribution in [0.15, 0.2) is 24.7 Å². The third-order valence-corrected chi connectivity index (χ3v) is 6.52. The van der Waals surface area contributed by atoms with Crippen LogP contribution in [0.1, 0.15) is 77.5 Å². The summed E-state index contributed by atoms with van der Waals surface area (Å²) >= 11 is 0. The van der Waals surface area contributed by atoms with E-state index in [9.17, 15) is 4.79 Å². The number of rotatable bonds is 4. The number of amides is 1. The molecule has 1 saturated carbocycles. The molecule has 0 aromatic carbocycles. The molecule has 2 aliphatic rings. The van der Waals surface area contributed by atoms with Crippen molar-refractivity contribution in [2.75, 3.05) is 10.2 Å². The Balaban J connectivity index is 1.60. The smallest absolute Gasteiger partial charge is 0.412 e. The minimum atomic E-state index is -0.611. The number of pyridine rings is 1. The maximum Gasteiger partial charge on any atom is 0.412 e. The third kappa shape index (κ3) is 4.33. The molecule has 0 saturated heterocycles. The molecule has 3 aromatic rings. The highest BCUT2D eigenvalue weighted by molar-refractivity contribution is 5.90. The van der Waals surface area contributed by atoms with Crippen molar-refractivity contribution in [1.29, 1.82) is 0 Å². The van der Waals surface area contributed by atoms with Crippen molar-refractivity contribution in [3.05, 3.63) is 36.3 Å². The minimum absolute atomic E-state index is 0.0892. The monoisotopic (exact) mass is 476 g/mol. The molecule has 10 heteroatoms. The number of anilines is 2. The van der Waals surface area contributed by atoms with Crippen LogP contribution in [0, 0.1) is 6.92 Å². The average molecular weight is 477 g/mol. The molecule has 1 N–H and O–H groups in total. The van der Waals surface area contributed by atoms with E-state index in [4.69, 9.17) is 14.7 Å². The van der Waals surface area contributed by atoms with E-state index in [-0.39, 0.29) is 6.04 Å². The summed E-state index contributed by atoms with van der Waals surface area (Å²) in [6, 6.07) is 2.29. The largest absolute Gasteiger partial charge is 0.444 e. The van der Waals surface area contributed by atoms with Crippen LogP contribution < -0.4 is 10.2 Å². The number of nitrogens with one attached hydrogen (secondary N) is 1. The second-order valence-corrected chi connectivity index (χ2v) is 10.2. The molecule has 0 spiro atoms. The molecule has 1 aliphatic heterocycles. The highest BCUT2D eigenvalue weighted by atomic mass is 16.6. The lowest BCUT2D eigenvalue weighted by Crippen LogP contribution is -2.42. The Morgan fingerprint density at radius 1 is 1.20 bits per heavy atom. The minimum Gasteiger partial charge on any atom is -0.444 e. The number of carbonyl (C=O) groups is 1. The molecular formula is C25H32N8O2. The van der Waals surface area contributed by atoms with Gasteiger partial charge >= 0.3 is 6.09 Å². The Bertz CT molecular complexity index is 1240. The zero-order valence-corrected chi connectivity index (χ0v) is 20.9. The predicted octanol–water partition coefficient (Wildman–Crippen LogP) is 4.99. The van der Waals surface area contributed by atoms with Crippen LogP contribution in [0.4, 0.5) is 16.3 Å². The molecule has 5 rings (SSSR count). The highest BCUT2D eigenvalue weighted by Gasteiger charge is 2.39. The van der Waals surface area contributed by atoms with Crippen molar-refractivity contribution in [2.45, 2.75) is 84.4 Å². The topological polar surface area (TPSA) is 111 Å². The molecule has 35 heavy (non-hydrogen) atoms. The molecular weight excluding hydrogens is 444 g/mol. The van der Waals surface area contributed by atoms with E-state index in [2.05, 4.69) is 36.9 Å². The average Bonchev–Trinajstić information content (AvgIpc) is 3.47. The van der Waals surface area contributed by atoms with E-state index in [0.717, 1.165) is 42.4 Å². The second kappa shape index (κ2) is 8.90. The molecule has 4 heterocycles. The van der Waals surface area contributed by atoms with E-state index in [0.29, 0.717) is 23.1 Å². The lowest BCUT2D eigenvalue weighted by Gasteiger charge is -2.41. The Morgan fingerprint density at radius 2 is 1.97 bits per heavy atom. The maximum atomic E-state index is 12.5. The third-order valence-electron chi connectivity index (χ3n) is 6.52. The molecule has 0 bridgehead atoms. The summed E-state index contributed by atoms with van der Waals surface area (Å²) in [4.78, 5) is 28.9. The van der Waals surface area contributed by atoms with Gasteiger partial charge in [0.2, 0.25) is 0 Å². The zero-order chi connectivity index (χ0) is 24.7. The van der Waals surface area contributed by atoms with Crippen LogP contribution in [-0.4, -0.2) is 47.5 Å². The van der Waals surface area contributed by atoms with E-state index >= 15 is 0 Å². The zero-order valence-electron chi connectivity index (χ0n) is 20.9. The predicted molar refractivity (Wildman–Crippen MR) is 133 cm³/mol. The quantitative estimate of drug-likeness (QED) is 0.561. The lowest BCUT2D eigenvalue weighted by molar-refractivity contribution is 0.0636. The fraction of sp³-hybridized carbons (Fsp3) is 0.520. The van der Waals surface area contributed by atoms with Gasteiger partial charge in [-0.2, -0.15) is 0 Å². The van der Waals surface area contributed by atoms with Crippen molar-refractivity contribution >= 4 is 17.6 Å². The number of nitrogens with zero attached hydrogens (tertiary/aromatic N) is 7. The van der Waals surface area contributed by atoms with E-state index in [1.165, 1.54) is 12.8 Å². The first kappa shape index (κ1) is 23.2. The number of fused-ring (bicyclic) bond motifs is 3. The van der Waals surface area contributed by atoms with Gasteiger partial charge in [0.1, 0.15) is 17.1 Å². The van der Waals surface area contributed by atoms with E-state index in [1.54, 1.807) is 12.4 Å². The second-order valence-electron chi connectivity index (χ2n) is 10.2. The van der Waals surface area contributed by atoms with Crippen molar-refractivity contribution in [3.63, 3.8) is 0 Å². The van der Waals surface area contributed by atoms with Crippen molar-refractivity contribution in [1.82, 2.24) is 29.7 Å². The van der Waals surface area contributed by atoms with Gasteiger partial charge in [-0.3, -0.25) is 14.9 Å². The summed E-state index contributed by atoms with van der Waals surface area (Å²) in [5.74, 6) is 3.16. The van der Waals surface area contributed by atoms with Gasteiger partial charge in [-0.1, -0.05) is 19.8 Å². The lowest BCUT2D eigenvalue weighted by atomic mass is 10.0. The molecule has 1 aliphatic carbocycles. The van der Waals surface area contributed by atoms with Gasteiger partial charge in [-0.15, -0.1) is 10.2 Å². The van der Waals surface area contributed by atoms with Gasteiger partial charge in [0, 0.05) is 17.8 Å².